The number of benzene rings is 1. The third-order valence-corrected chi connectivity index (χ3v) is 5.22. The van der Waals surface area contributed by atoms with Crippen molar-refractivity contribution in [2.75, 3.05) is 18.0 Å². The average Bonchev–Trinajstić information content (AvgIpc) is 2.70. The van der Waals surface area contributed by atoms with E-state index >= 15 is 0 Å². The first kappa shape index (κ1) is 18.7. The van der Waals surface area contributed by atoms with Gasteiger partial charge >= 0.3 is 0 Å². The standard InChI is InChI=1S/C22H23ClN4O/c1-15-3-8-21(16(2)26-15)17-4-6-19(7-5-17)28-20-9-11-27(12-10-20)22-24-13-18(23)14-25-22/h3-8,13-14,20H,9-12H2,1-2H3. The number of pyridine rings is 1. The molecule has 0 N–H and O–H groups in total. The van der Waals surface area contributed by atoms with Gasteiger partial charge in [0.15, 0.2) is 0 Å². The Morgan fingerprint density at radius 3 is 2.29 bits per heavy atom. The average molecular weight is 395 g/mol. The maximum absolute atomic E-state index is 6.19. The van der Waals surface area contributed by atoms with E-state index in [-0.39, 0.29) is 6.10 Å². The van der Waals surface area contributed by atoms with Crippen molar-refractivity contribution in [3.63, 3.8) is 0 Å². The van der Waals surface area contributed by atoms with E-state index in [1.54, 1.807) is 12.4 Å². The minimum Gasteiger partial charge on any atom is -0.490 e. The van der Waals surface area contributed by atoms with Gasteiger partial charge in [0.2, 0.25) is 5.95 Å². The number of hydrogen-bond donors (Lipinski definition) is 0. The maximum Gasteiger partial charge on any atom is 0.225 e. The second-order valence-corrected chi connectivity index (χ2v) is 7.55. The van der Waals surface area contributed by atoms with Gasteiger partial charge in [0.1, 0.15) is 11.9 Å². The van der Waals surface area contributed by atoms with Gasteiger partial charge in [-0.2, -0.15) is 0 Å². The Balaban J connectivity index is 1.36. The second kappa shape index (κ2) is 8.15. The van der Waals surface area contributed by atoms with Crippen LogP contribution < -0.4 is 9.64 Å². The van der Waals surface area contributed by atoms with E-state index in [9.17, 15) is 0 Å². The molecule has 0 aliphatic carbocycles. The Morgan fingerprint density at radius 2 is 1.64 bits per heavy atom. The number of anilines is 1. The molecule has 0 amide bonds. The van der Waals surface area contributed by atoms with E-state index in [0.717, 1.165) is 60.1 Å². The number of halogens is 1. The lowest BCUT2D eigenvalue weighted by atomic mass is 10.0. The molecule has 5 nitrogen and oxygen atoms in total. The molecule has 144 valence electrons. The first-order valence-corrected chi connectivity index (χ1v) is 9.90. The van der Waals surface area contributed by atoms with E-state index in [4.69, 9.17) is 16.3 Å². The number of ether oxygens (including phenoxy) is 1. The lowest BCUT2D eigenvalue weighted by Gasteiger charge is -2.32. The maximum atomic E-state index is 6.19. The third-order valence-electron chi connectivity index (χ3n) is 5.02. The summed E-state index contributed by atoms with van der Waals surface area (Å²) in [6.07, 6.45) is 5.36. The molecule has 1 aliphatic rings. The van der Waals surface area contributed by atoms with Crippen molar-refractivity contribution in [3.05, 3.63) is 65.2 Å². The van der Waals surface area contributed by atoms with Crippen LogP contribution >= 0.6 is 11.6 Å². The summed E-state index contributed by atoms with van der Waals surface area (Å²) in [5, 5.41) is 0.557. The molecule has 6 heteroatoms. The molecule has 28 heavy (non-hydrogen) atoms. The normalized spacial score (nSPS) is 14.9. The monoisotopic (exact) mass is 394 g/mol. The van der Waals surface area contributed by atoms with Crippen LogP contribution in [0.25, 0.3) is 11.1 Å². The Hall–Kier alpha value is -2.66. The fourth-order valence-electron chi connectivity index (χ4n) is 3.54. The fraction of sp³-hybridized carbons (Fsp3) is 0.318. The summed E-state index contributed by atoms with van der Waals surface area (Å²) in [5.74, 6) is 1.64. The molecule has 1 fully saturated rings. The van der Waals surface area contributed by atoms with Crippen LogP contribution in [0.5, 0.6) is 5.75 Å². The van der Waals surface area contributed by atoms with Crippen LogP contribution in [-0.4, -0.2) is 34.1 Å². The zero-order chi connectivity index (χ0) is 19.5. The molecule has 0 saturated carbocycles. The van der Waals surface area contributed by atoms with Crippen molar-refractivity contribution < 1.29 is 4.74 Å². The van der Waals surface area contributed by atoms with Crippen molar-refractivity contribution in [1.29, 1.82) is 0 Å². The van der Waals surface area contributed by atoms with Crippen LogP contribution in [0.2, 0.25) is 5.02 Å². The Kier molecular flexibility index (Phi) is 5.44. The summed E-state index contributed by atoms with van der Waals surface area (Å²) < 4.78 is 6.19. The van der Waals surface area contributed by atoms with Crippen LogP contribution in [0.1, 0.15) is 24.2 Å². The summed E-state index contributed by atoms with van der Waals surface area (Å²) >= 11 is 5.86. The number of aromatic nitrogens is 3. The van der Waals surface area contributed by atoms with Gasteiger partial charge < -0.3 is 9.64 Å². The zero-order valence-corrected chi connectivity index (χ0v) is 16.9. The molecule has 3 aromatic rings. The molecule has 0 atom stereocenters. The number of rotatable bonds is 4. The van der Waals surface area contributed by atoms with E-state index < -0.39 is 0 Å². The molecule has 0 bridgehead atoms. The SMILES string of the molecule is Cc1ccc(-c2ccc(OC3CCN(c4ncc(Cl)cn4)CC3)cc2)c(C)n1. The summed E-state index contributed by atoms with van der Waals surface area (Å²) in [4.78, 5) is 15.3. The van der Waals surface area contributed by atoms with Crippen LogP contribution in [0, 0.1) is 13.8 Å². The van der Waals surface area contributed by atoms with Crippen LogP contribution in [0.4, 0.5) is 5.95 Å². The summed E-state index contributed by atoms with van der Waals surface area (Å²) in [6, 6.07) is 12.5. The van der Waals surface area contributed by atoms with E-state index in [1.807, 2.05) is 32.0 Å². The molecule has 4 rings (SSSR count). The highest BCUT2D eigenvalue weighted by molar-refractivity contribution is 6.30. The predicted molar refractivity (Wildman–Crippen MR) is 112 cm³/mol. The van der Waals surface area contributed by atoms with Crippen LogP contribution in [0.15, 0.2) is 48.8 Å². The summed E-state index contributed by atoms with van der Waals surface area (Å²) in [5.41, 5.74) is 4.41. The number of hydrogen-bond acceptors (Lipinski definition) is 5. The number of piperidine rings is 1. The Labute approximate surface area is 170 Å². The van der Waals surface area contributed by atoms with Crippen LogP contribution in [-0.2, 0) is 0 Å². The molecule has 1 aliphatic heterocycles. The fourth-order valence-corrected chi connectivity index (χ4v) is 3.64. The highest BCUT2D eigenvalue weighted by Gasteiger charge is 2.22. The first-order chi connectivity index (χ1) is 13.6. The first-order valence-electron chi connectivity index (χ1n) is 9.52. The van der Waals surface area contributed by atoms with Gasteiger partial charge in [0, 0.05) is 42.9 Å². The molecular weight excluding hydrogens is 372 g/mol. The molecular formula is C22H23ClN4O. The topological polar surface area (TPSA) is 51.1 Å². The molecule has 0 radical (unpaired) electrons. The minimum absolute atomic E-state index is 0.206. The number of aryl methyl sites for hydroxylation is 2. The molecule has 3 heterocycles. The Morgan fingerprint density at radius 1 is 0.964 bits per heavy atom. The minimum atomic E-state index is 0.206. The van der Waals surface area contributed by atoms with Gasteiger partial charge in [-0.3, -0.25) is 4.98 Å². The quantitative estimate of drug-likeness (QED) is 0.632. The lowest BCUT2D eigenvalue weighted by molar-refractivity contribution is 0.170. The van der Waals surface area contributed by atoms with E-state index in [2.05, 4.69) is 38.1 Å². The van der Waals surface area contributed by atoms with Gasteiger partial charge in [0.25, 0.3) is 0 Å². The molecule has 0 spiro atoms. The van der Waals surface area contributed by atoms with Gasteiger partial charge in [-0.05, 0) is 37.6 Å². The largest absolute Gasteiger partial charge is 0.490 e. The zero-order valence-electron chi connectivity index (χ0n) is 16.1. The van der Waals surface area contributed by atoms with Gasteiger partial charge in [-0.15, -0.1) is 0 Å². The van der Waals surface area contributed by atoms with Gasteiger partial charge in [-0.25, -0.2) is 9.97 Å². The summed E-state index contributed by atoms with van der Waals surface area (Å²) in [6.45, 7) is 5.81. The van der Waals surface area contributed by atoms with E-state index in [0.29, 0.717) is 5.02 Å². The van der Waals surface area contributed by atoms with Gasteiger partial charge in [-0.1, -0.05) is 29.8 Å². The molecule has 0 unspecified atom stereocenters. The molecule has 2 aromatic heterocycles. The van der Waals surface area contributed by atoms with Crippen molar-refractivity contribution >= 4 is 17.5 Å². The lowest BCUT2D eigenvalue weighted by Crippen LogP contribution is -2.39. The molecule has 1 aromatic carbocycles. The Bertz CT molecular complexity index is 936. The summed E-state index contributed by atoms with van der Waals surface area (Å²) in [7, 11) is 0. The van der Waals surface area contributed by atoms with E-state index in [1.165, 1.54) is 0 Å². The second-order valence-electron chi connectivity index (χ2n) is 7.12. The van der Waals surface area contributed by atoms with Crippen molar-refractivity contribution in [3.8, 4) is 16.9 Å². The number of nitrogens with zero attached hydrogens (tertiary/aromatic N) is 4. The van der Waals surface area contributed by atoms with Crippen molar-refractivity contribution in [2.45, 2.75) is 32.8 Å². The van der Waals surface area contributed by atoms with Crippen LogP contribution in [0.3, 0.4) is 0 Å². The van der Waals surface area contributed by atoms with Crippen molar-refractivity contribution in [1.82, 2.24) is 15.0 Å². The highest BCUT2D eigenvalue weighted by Crippen LogP contribution is 2.27. The molecule has 1 saturated heterocycles. The highest BCUT2D eigenvalue weighted by atomic mass is 35.5. The van der Waals surface area contributed by atoms with Gasteiger partial charge in [0.05, 0.1) is 17.4 Å². The van der Waals surface area contributed by atoms with Crippen molar-refractivity contribution in [2.24, 2.45) is 0 Å². The third kappa shape index (κ3) is 4.25. The predicted octanol–water partition coefficient (Wildman–Crippen LogP) is 4.86. The smallest absolute Gasteiger partial charge is 0.225 e.